The van der Waals surface area contributed by atoms with Gasteiger partial charge in [-0.25, -0.2) is 9.78 Å². The summed E-state index contributed by atoms with van der Waals surface area (Å²) < 4.78 is 33.1. The van der Waals surface area contributed by atoms with E-state index in [1.54, 1.807) is 6.92 Å². The number of H-pyrrole nitrogens is 1. The number of nitriles is 1. The molecule has 0 aliphatic carbocycles. The molecule has 1 saturated heterocycles. The van der Waals surface area contributed by atoms with Crippen molar-refractivity contribution in [3.05, 3.63) is 17.7 Å². The highest BCUT2D eigenvalue weighted by Crippen LogP contribution is 2.18. The maximum atomic E-state index is 12.3. The lowest BCUT2D eigenvalue weighted by atomic mass is 10.0. The summed E-state index contributed by atoms with van der Waals surface area (Å²) in [5.74, 6) is -0.692. The number of carbonyl (C=O) groups is 1. The third-order valence-electron chi connectivity index (χ3n) is 3.59. The predicted molar refractivity (Wildman–Crippen MR) is 80.2 cm³/mol. The zero-order valence-corrected chi connectivity index (χ0v) is 13.6. The van der Waals surface area contributed by atoms with E-state index >= 15 is 0 Å². The molecule has 0 radical (unpaired) electrons. The Bertz CT molecular complexity index is 685. The van der Waals surface area contributed by atoms with Crippen LogP contribution in [0.15, 0.2) is 6.33 Å². The molecular weight excluding hydrogens is 322 g/mol. The number of ether oxygens (including phenoxy) is 1. The molecule has 0 amide bonds. The van der Waals surface area contributed by atoms with Crippen LogP contribution >= 0.6 is 0 Å². The second kappa shape index (κ2) is 7.54. The first kappa shape index (κ1) is 17.4. The molecule has 126 valence electrons. The number of nitrogens with zero attached hydrogens (tertiary/aromatic N) is 3. The van der Waals surface area contributed by atoms with Crippen molar-refractivity contribution in [3.63, 3.8) is 0 Å². The number of imidazole rings is 1. The Morgan fingerprint density at radius 1 is 1.57 bits per heavy atom. The second-order valence-electron chi connectivity index (χ2n) is 5.08. The number of rotatable bonds is 6. The largest absolute Gasteiger partial charge is 0.461 e. The minimum absolute atomic E-state index is 0.0674. The molecule has 2 rings (SSSR count). The number of esters is 1. The van der Waals surface area contributed by atoms with Gasteiger partial charge in [-0.3, -0.25) is 0 Å². The fourth-order valence-corrected chi connectivity index (χ4v) is 3.51. The average molecular weight is 341 g/mol. The quantitative estimate of drug-likeness (QED) is 0.709. The fraction of sp³-hybridized carbons (Fsp3) is 0.615. The van der Waals surface area contributed by atoms with E-state index < -0.39 is 16.2 Å². The van der Waals surface area contributed by atoms with E-state index in [2.05, 4.69) is 20.8 Å². The van der Waals surface area contributed by atoms with Crippen molar-refractivity contribution in [2.45, 2.75) is 26.3 Å². The van der Waals surface area contributed by atoms with Gasteiger partial charge in [0, 0.05) is 19.0 Å². The van der Waals surface area contributed by atoms with Crippen LogP contribution < -0.4 is 4.72 Å². The maximum absolute atomic E-state index is 12.3. The van der Waals surface area contributed by atoms with Crippen LogP contribution in [0.2, 0.25) is 0 Å². The van der Waals surface area contributed by atoms with E-state index in [1.165, 1.54) is 10.6 Å². The number of hydrogen-bond donors (Lipinski definition) is 2. The summed E-state index contributed by atoms with van der Waals surface area (Å²) in [5.41, 5.74) is 0.414. The van der Waals surface area contributed by atoms with E-state index in [0.29, 0.717) is 31.6 Å². The molecule has 0 spiro atoms. The van der Waals surface area contributed by atoms with E-state index in [-0.39, 0.29) is 24.8 Å². The summed E-state index contributed by atoms with van der Waals surface area (Å²) in [7, 11) is -3.67. The summed E-state index contributed by atoms with van der Waals surface area (Å²) in [5, 5.41) is 8.85. The first-order chi connectivity index (χ1) is 11.0. The number of nitrogens with one attached hydrogen (secondary N) is 2. The zero-order valence-electron chi connectivity index (χ0n) is 12.8. The van der Waals surface area contributed by atoms with Crippen LogP contribution in [0.1, 0.15) is 35.9 Å². The molecule has 1 aliphatic heterocycles. The molecule has 1 aromatic heterocycles. The predicted octanol–water partition coefficient (Wildman–Crippen LogP) is 0.156. The van der Waals surface area contributed by atoms with Gasteiger partial charge in [0.1, 0.15) is 0 Å². The molecule has 0 aromatic carbocycles. The Morgan fingerprint density at radius 3 is 2.87 bits per heavy atom. The van der Waals surface area contributed by atoms with Crippen LogP contribution in [-0.4, -0.2) is 48.4 Å². The van der Waals surface area contributed by atoms with Gasteiger partial charge in [-0.1, -0.05) is 0 Å². The summed E-state index contributed by atoms with van der Waals surface area (Å²) in [6.07, 6.45) is 2.36. The smallest absolute Gasteiger partial charge is 0.358 e. The van der Waals surface area contributed by atoms with Crippen LogP contribution in [0.3, 0.4) is 0 Å². The van der Waals surface area contributed by atoms with E-state index in [1.807, 2.05) is 0 Å². The number of carbonyl (C=O) groups excluding carboxylic acids is 1. The zero-order chi connectivity index (χ0) is 16.9. The summed E-state index contributed by atoms with van der Waals surface area (Å²) in [6, 6.07) is 2.16. The molecule has 23 heavy (non-hydrogen) atoms. The standard InChI is InChI=1S/C13H19N5O4S/c1-2-22-13(19)12-11(15-9-16-12)8-17-23(20,21)18-5-3-10(7-14)4-6-18/h9-10,17H,2-6,8H2,1H3,(H,15,16). The number of aromatic nitrogens is 2. The summed E-state index contributed by atoms with van der Waals surface area (Å²) in [6.45, 7) is 2.42. The highest BCUT2D eigenvalue weighted by molar-refractivity contribution is 7.87. The van der Waals surface area contributed by atoms with Crippen LogP contribution in [0.5, 0.6) is 0 Å². The first-order valence-electron chi connectivity index (χ1n) is 7.31. The van der Waals surface area contributed by atoms with Crippen LogP contribution in [-0.2, 0) is 21.5 Å². The lowest BCUT2D eigenvalue weighted by Crippen LogP contribution is -2.44. The van der Waals surface area contributed by atoms with Gasteiger partial charge in [-0.15, -0.1) is 0 Å². The van der Waals surface area contributed by atoms with Crippen molar-refractivity contribution in [1.82, 2.24) is 19.0 Å². The van der Waals surface area contributed by atoms with Crippen molar-refractivity contribution < 1.29 is 17.9 Å². The van der Waals surface area contributed by atoms with Crippen LogP contribution in [0.4, 0.5) is 0 Å². The van der Waals surface area contributed by atoms with Crippen LogP contribution in [0.25, 0.3) is 0 Å². The normalized spacial score (nSPS) is 16.9. The van der Waals surface area contributed by atoms with Gasteiger partial charge < -0.3 is 9.72 Å². The Labute approximate surface area is 134 Å². The monoisotopic (exact) mass is 341 g/mol. The molecule has 2 heterocycles. The molecule has 0 unspecified atom stereocenters. The molecule has 10 heteroatoms. The molecule has 0 saturated carbocycles. The van der Waals surface area contributed by atoms with E-state index in [0.717, 1.165) is 0 Å². The number of hydrogen-bond acceptors (Lipinski definition) is 6. The number of aromatic amines is 1. The van der Waals surface area contributed by atoms with Crippen molar-refractivity contribution >= 4 is 16.2 Å². The van der Waals surface area contributed by atoms with Crippen molar-refractivity contribution in [2.75, 3.05) is 19.7 Å². The third kappa shape index (κ3) is 4.28. The van der Waals surface area contributed by atoms with Crippen LogP contribution in [0, 0.1) is 17.2 Å². The van der Waals surface area contributed by atoms with Crippen molar-refractivity contribution in [3.8, 4) is 6.07 Å². The van der Waals surface area contributed by atoms with Gasteiger partial charge in [-0.2, -0.15) is 22.7 Å². The van der Waals surface area contributed by atoms with Gasteiger partial charge in [0.15, 0.2) is 5.69 Å². The summed E-state index contributed by atoms with van der Waals surface area (Å²) in [4.78, 5) is 18.3. The van der Waals surface area contributed by atoms with Gasteiger partial charge >= 0.3 is 5.97 Å². The average Bonchev–Trinajstić information content (AvgIpc) is 3.02. The Kier molecular flexibility index (Phi) is 5.70. The third-order valence-corrected chi connectivity index (χ3v) is 5.15. The van der Waals surface area contributed by atoms with Crippen molar-refractivity contribution in [1.29, 1.82) is 5.26 Å². The highest BCUT2D eigenvalue weighted by Gasteiger charge is 2.28. The molecule has 1 fully saturated rings. The topological polar surface area (TPSA) is 128 Å². The lowest BCUT2D eigenvalue weighted by Gasteiger charge is -2.28. The Hall–Kier alpha value is -1.96. The molecule has 1 aromatic rings. The molecule has 9 nitrogen and oxygen atoms in total. The SMILES string of the molecule is CCOC(=O)c1nc[nH]c1CNS(=O)(=O)N1CCC(C#N)CC1. The Balaban J connectivity index is 1.97. The molecule has 1 aliphatic rings. The minimum Gasteiger partial charge on any atom is -0.461 e. The lowest BCUT2D eigenvalue weighted by molar-refractivity contribution is 0.0518. The van der Waals surface area contributed by atoms with Gasteiger partial charge in [0.2, 0.25) is 0 Å². The van der Waals surface area contributed by atoms with Gasteiger partial charge in [0.05, 0.1) is 31.2 Å². The van der Waals surface area contributed by atoms with E-state index in [9.17, 15) is 13.2 Å². The molecule has 0 atom stereocenters. The fourth-order valence-electron chi connectivity index (χ4n) is 2.31. The minimum atomic E-state index is -3.67. The first-order valence-corrected chi connectivity index (χ1v) is 8.75. The molecular formula is C13H19N5O4S. The second-order valence-corrected chi connectivity index (χ2v) is 6.83. The van der Waals surface area contributed by atoms with Gasteiger partial charge in [0.25, 0.3) is 10.2 Å². The maximum Gasteiger partial charge on any atom is 0.358 e. The van der Waals surface area contributed by atoms with E-state index in [4.69, 9.17) is 10.00 Å². The summed E-state index contributed by atoms with van der Waals surface area (Å²) >= 11 is 0. The van der Waals surface area contributed by atoms with Gasteiger partial charge in [-0.05, 0) is 19.8 Å². The van der Waals surface area contributed by atoms with Crippen molar-refractivity contribution in [2.24, 2.45) is 5.92 Å². The highest BCUT2D eigenvalue weighted by atomic mass is 32.2. The molecule has 2 N–H and O–H groups in total. The Morgan fingerprint density at radius 2 is 2.26 bits per heavy atom. The number of piperidine rings is 1. The molecule has 0 bridgehead atoms.